The van der Waals surface area contributed by atoms with Gasteiger partial charge >= 0.3 is 6.18 Å². The number of hydrogen-bond acceptors (Lipinski definition) is 8. The number of allylic oxidation sites excluding steroid dienone is 2. The van der Waals surface area contributed by atoms with Crippen LogP contribution in [0.15, 0.2) is 35.2 Å². The normalized spacial score (nSPS) is 18.4. The van der Waals surface area contributed by atoms with Crippen molar-refractivity contribution in [3.63, 3.8) is 0 Å². The van der Waals surface area contributed by atoms with E-state index in [1.54, 1.807) is 31.7 Å². The Morgan fingerprint density at radius 3 is 2.48 bits per heavy atom. The second-order valence-corrected chi connectivity index (χ2v) is 12.0. The number of ether oxygens (including phenoxy) is 1. The Balaban J connectivity index is 2.00. The molecule has 0 saturated carbocycles. The van der Waals surface area contributed by atoms with Crippen LogP contribution in [0.5, 0.6) is 5.88 Å². The predicted molar refractivity (Wildman–Crippen MR) is 148 cm³/mol. The maximum Gasteiger partial charge on any atom is 0.390 e. The summed E-state index contributed by atoms with van der Waals surface area (Å²) < 4.78 is 73.6. The summed E-state index contributed by atoms with van der Waals surface area (Å²) in [6, 6.07) is 7.29. The van der Waals surface area contributed by atoms with Crippen molar-refractivity contribution < 1.29 is 31.5 Å². The number of benzene rings is 1. The molecule has 0 aliphatic carbocycles. The van der Waals surface area contributed by atoms with Crippen LogP contribution >= 0.6 is 0 Å². The lowest BCUT2D eigenvalue weighted by Gasteiger charge is -2.33. The van der Waals surface area contributed by atoms with Gasteiger partial charge in [0.2, 0.25) is 11.8 Å². The summed E-state index contributed by atoms with van der Waals surface area (Å²) in [5.74, 6) is -0.449. The van der Waals surface area contributed by atoms with E-state index in [9.17, 15) is 26.8 Å². The van der Waals surface area contributed by atoms with Crippen LogP contribution < -0.4 is 9.46 Å². The molecule has 9 nitrogen and oxygen atoms in total. The zero-order valence-corrected chi connectivity index (χ0v) is 24.3. The largest absolute Gasteiger partial charge is 0.471 e. The third-order valence-corrected chi connectivity index (χ3v) is 8.37. The number of halogens is 3. The van der Waals surface area contributed by atoms with Crippen LogP contribution in [-0.4, -0.2) is 78.6 Å². The van der Waals surface area contributed by atoms with Crippen LogP contribution in [0, 0.1) is 19.8 Å². The minimum Gasteiger partial charge on any atom is -0.471 e. The Morgan fingerprint density at radius 1 is 1.20 bits per heavy atom. The molecule has 13 heteroatoms. The van der Waals surface area contributed by atoms with E-state index in [-0.39, 0.29) is 48.8 Å². The summed E-state index contributed by atoms with van der Waals surface area (Å²) in [7, 11) is -3.98. The molecule has 1 fully saturated rings. The molecule has 1 aromatic carbocycles. The highest BCUT2D eigenvalue weighted by molar-refractivity contribution is 7.96. The molecule has 1 aromatic heterocycles. The smallest absolute Gasteiger partial charge is 0.390 e. The highest BCUT2D eigenvalue weighted by Crippen LogP contribution is 2.30. The van der Waals surface area contributed by atoms with Crippen molar-refractivity contribution in [1.82, 2.24) is 19.9 Å². The zero-order valence-electron chi connectivity index (χ0n) is 23.5. The van der Waals surface area contributed by atoms with Crippen LogP contribution in [0.3, 0.4) is 0 Å². The molecule has 40 heavy (non-hydrogen) atoms. The van der Waals surface area contributed by atoms with Gasteiger partial charge in [-0.2, -0.15) is 23.2 Å². The molecular weight excluding hydrogens is 547 g/mol. The van der Waals surface area contributed by atoms with Gasteiger partial charge in [0, 0.05) is 31.3 Å². The lowest BCUT2D eigenvalue weighted by Crippen LogP contribution is -2.47. The van der Waals surface area contributed by atoms with E-state index in [1.807, 2.05) is 32.0 Å². The van der Waals surface area contributed by atoms with Crippen molar-refractivity contribution in [2.24, 2.45) is 5.92 Å². The second-order valence-electron chi connectivity index (χ2n) is 10.3. The Kier molecular flexibility index (Phi) is 10.6. The van der Waals surface area contributed by atoms with Crippen molar-refractivity contribution in [2.75, 3.05) is 37.4 Å². The molecule has 0 radical (unpaired) electrons. The maximum atomic E-state index is 13.1. The molecule has 0 amide bonds. The van der Waals surface area contributed by atoms with E-state index >= 15 is 0 Å². The van der Waals surface area contributed by atoms with Crippen LogP contribution in [0.25, 0.3) is 11.3 Å². The summed E-state index contributed by atoms with van der Waals surface area (Å²) in [5.41, 5.74) is 3.00. The molecule has 0 spiro atoms. The second kappa shape index (κ2) is 13.3. The van der Waals surface area contributed by atoms with E-state index in [0.717, 1.165) is 21.8 Å². The van der Waals surface area contributed by atoms with Gasteiger partial charge in [0.15, 0.2) is 0 Å². The molecule has 1 aliphatic heterocycles. The van der Waals surface area contributed by atoms with E-state index in [4.69, 9.17) is 4.74 Å². The third-order valence-electron chi connectivity index (χ3n) is 6.60. The predicted octanol–water partition coefficient (Wildman–Crippen LogP) is 5.16. The SMILES string of the molecule is C/C=C(\C(C)C)S(=O)(=O)Nc1nc(OC2CN(O)CCCN(CCC(F)(F)F)C2)cc(-c2c(C)cccc2C)n1. The average Bonchev–Trinajstić information content (AvgIpc) is 2.80. The summed E-state index contributed by atoms with van der Waals surface area (Å²) in [5, 5.41) is 11.4. The quantitative estimate of drug-likeness (QED) is 0.416. The van der Waals surface area contributed by atoms with Gasteiger partial charge < -0.3 is 9.94 Å². The number of nitrogens with zero attached hydrogens (tertiary/aromatic N) is 4. The summed E-state index contributed by atoms with van der Waals surface area (Å²) in [6.45, 7) is 9.55. The standard InChI is InChI=1S/C27H38F3N5O4S/c1-6-23(18(2)3)40(37,38)33-26-31-22(25-19(4)9-7-10-20(25)5)15-24(32-26)39-21-16-34(14-11-27(28,29)30)12-8-13-35(36)17-21/h6-7,9-10,15,18,21,36H,8,11-14,16-17H2,1-5H3,(H,31,32,33)/b23-6+. The molecule has 2 aromatic rings. The van der Waals surface area contributed by atoms with Crippen LogP contribution in [0.4, 0.5) is 19.1 Å². The van der Waals surface area contributed by atoms with E-state index in [1.165, 1.54) is 6.08 Å². The Hall–Kier alpha value is -2.74. The lowest BCUT2D eigenvalue weighted by atomic mass is 10.00. The molecule has 0 bridgehead atoms. The molecule has 1 unspecified atom stereocenters. The molecule has 1 saturated heterocycles. The number of sulfonamides is 1. The van der Waals surface area contributed by atoms with Crippen molar-refractivity contribution in [3.8, 4) is 17.1 Å². The Labute approximate surface area is 234 Å². The molecule has 2 heterocycles. The molecule has 2 N–H and O–H groups in total. The van der Waals surface area contributed by atoms with Gasteiger partial charge in [0.1, 0.15) is 6.10 Å². The number of hydroxylamine groups is 2. The van der Waals surface area contributed by atoms with E-state index in [0.29, 0.717) is 18.7 Å². The van der Waals surface area contributed by atoms with Crippen molar-refractivity contribution >= 4 is 16.0 Å². The minimum absolute atomic E-state index is 0.0301. The molecule has 3 rings (SSSR count). The fourth-order valence-electron chi connectivity index (χ4n) is 4.83. The first-order valence-electron chi connectivity index (χ1n) is 13.2. The van der Waals surface area contributed by atoms with Gasteiger partial charge in [-0.25, -0.2) is 18.1 Å². The van der Waals surface area contributed by atoms with Crippen LogP contribution in [0.1, 0.15) is 44.7 Å². The first kappa shape index (κ1) is 31.8. The van der Waals surface area contributed by atoms with Crippen molar-refractivity contribution in [1.29, 1.82) is 0 Å². The van der Waals surface area contributed by atoms with Gasteiger partial charge in [-0.3, -0.25) is 4.90 Å². The first-order chi connectivity index (χ1) is 18.7. The Morgan fingerprint density at radius 2 is 1.88 bits per heavy atom. The topological polar surface area (TPSA) is 108 Å². The summed E-state index contributed by atoms with van der Waals surface area (Å²) >= 11 is 0. The van der Waals surface area contributed by atoms with E-state index < -0.39 is 28.7 Å². The van der Waals surface area contributed by atoms with Gasteiger partial charge in [-0.15, -0.1) is 0 Å². The zero-order chi connectivity index (χ0) is 29.7. The van der Waals surface area contributed by atoms with Crippen molar-refractivity contribution in [2.45, 2.75) is 59.7 Å². The van der Waals surface area contributed by atoms with Gasteiger partial charge in [0.25, 0.3) is 10.0 Å². The first-order valence-corrected chi connectivity index (χ1v) is 14.7. The van der Waals surface area contributed by atoms with E-state index in [2.05, 4.69) is 14.7 Å². The number of aromatic nitrogens is 2. The highest BCUT2D eigenvalue weighted by Gasteiger charge is 2.30. The van der Waals surface area contributed by atoms with Gasteiger partial charge in [-0.05, 0) is 50.8 Å². The lowest BCUT2D eigenvalue weighted by molar-refractivity contribution is -0.143. The summed E-state index contributed by atoms with van der Waals surface area (Å²) in [6.07, 6.45) is -3.98. The van der Waals surface area contributed by atoms with Gasteiger partial charge in [-0.1, -0.05) is 38.1 Å². The molecule has 1 atom stereocenters. The fourth-order valence-corrected chi connectivity index (χ4v) is 6.21. The molecule has 222 valence electrons. The minimum atomic E-state index is -4.29. The van der Waals surface area contributed by atoms with Crippen LogP contribution in [-0.2, 0) is 10.0 Å². The molecule has 1 aliphatic rings. The number of alkyl halides is 3. The monoisotopic (exact) mass is 585 g/mol. The maximum absolute atomic E-state index is 13.1. The Bertz CT molecular complexity index is 1280. The average molecular weight is 586 g/mol. The highest BCUT2D eigenvalue weighted by atomic mass is 32.2. The van der Waals surface area contributed by atoms with Crippen LogP contribution in [0.2, 0.25) is 0 Å². The van der Waals surface area contributed by atoms with Gasteiger partial charge in [0.05, 0.1) is 23.6 Å². The number of hydrogen-bond donors (Lipinski definition) is 2. The third kappa shape index (κ3) is 8.88. The number of aryl methyl sites for hydroxylation is 2. The number of anilines is 1. The summed E-state index contributed by atoms with van der Waals surface area (Å²) in [4.78, 5) is 10.6. The molecular formula is C27H38F3N5O4S. The number of nitrogens with one attached hydrogen (secondary N) is 1. The fraction of sp³-hybridized carbons (Fsp3) is 0.556. The number of rotatable bonds is 9. The van der Waals surface area contributed by atoms with Crippen molar-refractivity contribution in [3.05, 3.63) is 46.4 Å².